The number of fused-ring (bicyclic) bond motifs is 1. The quantitative estimate of drug-likeness (QED) is 0.810. The number of nitrogens with zero attached hydrogens (tertiary/aromatic N) is 2. The molecule has 156 valence electrons. The van der Waals surface area contributed by atoms with Gasteiger partial charge in [-0.05, 0) is 58.2 Å². The lowest BCUT2D eigenvalue weighted by Crippen LogP contribution is -2.38. The summed E-state index contributed by atoms with van der Waals surface area (Å²) in [7, 11) is 0. The van der Waals surface area contributed by atoms with Crippen molar-refractivity contribution in [3.63, 3.8) is 0 Å². The maximum atomic E-state index is 12.1. The van der Waals surface area contributed by atoms with E-state index in [2.05, 4.69) is 47.4 Å². The van der Waals surface area contributed by atoms with E-state index in [9.17, 15) is 4.79 Å². The smallest absolute Gasteiger partial charge is 0.227 e. The van der Waals surface area contributed by atoms with Crippen molar-refractivity contribution in [2.45, 2.75) is 58.6 Å². The average molecular weight is 398 g/mol. The van der Waals surface area contributed by atoms with Gasteiger partial charge in [0.1, 0.15) is 17.1 Å². The van der Waals surface area contributed by atoms with Crippen molar-refractivity contribution in [3.8, 4) is 5.75 Å². The summed E-state index contributed by atoms with van der Waals surface area (Å²) in [5.74, 6) is 2.25. The van der Waals surface area contributed by atoms with Crippen LogP contribution in [0.1, 0.15) is 49.3 Å². The second-order valence-electron chi connectivity index (χ2n) is 9.08. The number of aromatic nitrogens is 1. The van der Waals surface area contributed by atoms with Crippen molar-refractivity contribution in [1.82, 2.24) is 15.4 Å². The van der Waals surface area contributed by atoms with Crippen molar-refractivity contribution in [2.24, 2.45) is 5.92 Å². The number of amides is 1. The highest BCUT2D eigenvalue weighted by Crippen LogP contribution is 2.38. The summed E-state index contributed by atoms with van der Waals surface area (Å²) >= 11 is 0. The van der Waals surface area contributed by atoms with Crippen LogP contribution in [0.3, 0.4) is 0 Å². The van der Waals surface area contributed by atoms with Crippen molar-refractivity contribution in [1.29, 1.82) is 0 Å². The van der Waals surface area contributed by atoms with Gasteiger partial charge in [0.05, 0.1) is 12.1 Å². The van der Waals surface area contributed by atoms with Crippen LogP contribution in [0.5, 0.6) is 5.75 Å². The van der Waals surface area contributed by atoms with Crippen LogP contribution in [-0.4, -0.2) is 41.2 Å². The van der Waals surface area contributed by atoms with E-state index in [0.29, 0.717) is 11.7 Å². The molecule has 0 spiro atoms. The van der Waals surface area contributed by atoms with Gasteiger partial charge in [-0.1, -0.05) is 23.4 Å². The molecule has 0 aliphatic carbocycles. The Morgan fingerprint density at radius 1 is 1.31 bits per heavy atom. The first-order chi connectivity index (χ1) is 13.9. The second kappa shape index (κ2) is 8.19. The molecule has 29 heavy (non-hydrogen) atoms. The number of ether oxygens (including phenoxy) is 1. The SMILES string of the molecule is Cc1cc(CC(=O)NCC2CCN(Cc3cccc4c3OC(C)(C)C4)CC2)on1. The van der Waals surface area contributed by atoms with Crippen LogP contribution in [0.25, 0.3) is 0 Å². The van der Waals surface area contributed by atoms with Crippen LogP contribution in [0.2, 0.25) is 0 Å². The highest BCUT2D eigenvalue weighted by Gasteiger charge is 2.32. The van der Waals surface area contributed by atoms with Gasteiger partial charge in [0.2, 0.25) is 5.91 Å². The van der Waals surface area contributed by atoms with E-state index in [1.54, 1.807) is 0 Å². The van der Waals surface area contributed by atoms with Crippen molar-refractivity contribution in [3.05, 3.63) is 46.8 Å². The van der Waals surface area contributed by atoms with E-state index in [-0.39, 0.29) is 17.9 Å². The molecule has 2 aromatic rings. The molecule has 1 aromatic carbocycles. The Hall–Kier alpha value is -2.34. The fourth-order valence-corrected chi connectivity index (χ4v) is 4.37. The monoisotopic (exact) mass is 397 g/mol. The molecule has 2 aliphatic heterocycles. The molecule has 0 saturated carbocycles. The Kier molecular flexibility index (Phi) is 5.63. The molecule has 0 bridgehead atoms. The Labute approximate surface area is 172 Å². The van der Waals surface area contributed by atoms with E-state index in [0.717, 1.165) is 56.9 Å². The molecule has 6 nitrogen and oxygen atoms in total. The Morgan fingerprint density at radius 3 is 2.83 bits per heavy atom. The lowest BCUT2D eigenvalue weighted by atomic mass is 9.96. The summed E-state index contributed by atoms with van der Waals surface area (Å²) in [5, 5.41) is 6.87. The first-order valence-electron chi connectivity index (χ1n) is 10.6. The number of piperidine rings is 1. The Bertz CT molecular complexity index is 866. The Morgan fingerprint density at radius 2 is 2.10 bits per heavy atom. The third-order valence-electron chi connectivity index (χ3n) is 5.87. The molecule has 0 radical (unpaired) electrons. The maximum Gasteiger partial charge on any atom is 0.227 e. The molecular weight excluding hydrogens is 366 g/mol. The zero-order valence-electron chi connectivity index (χ0n) is 17.7. The zero-order chi connectivity index (χ0) is 20.4. The molecule has 0 unspecified atom stereocenters. The van der Waals surface area contributed by atoms with Crippen LogP contribution in [0.15, 0.2) is 28.8 Å². The van der Waals surface area contributed by atoms with Gasteiger partial charge in [0.25, 0.3) is 0 Å². The van der Waals surface area contributed by atoms with Crippen molar-refractivity contribution < 1.29 is 14.1 Å². The van der Waals surface area contributed by atoms with E-state index in [4.69, 9.17) is 9.26 Å². The summed E-state index contributed by atoms with van der Waals surface area (Å²) in [5.41, 5.74) is 3.32. The van der Waals surface area contributed by atoms with E-state index < -0.39 is 0 Å². The lowest BCUT2D eigenvalue weighted by molar-refractivity contribution is -0.121. The standard InChI is InChI=1S/C23H31N3O3/c1-16-11-20(29-25-16)12-21(27)24-14-17-7-9-26(10-8-17)15-19-6-4-5-18-13-23(2,3)28-22(18)19/h4-6,11,17H,7-10,12-15H2,1-3H3,(H,24,27). The van der Waals surface area contributed by atoms with Crippen molar-refractivity contribution >= 4 is 5.91 Å². The first-order valence-corrected chi connectivity index (χ1v) is 10.6. The number of hydrogen-bond acceptors (Lipinski definition) is 5. The van der Waals surface area contributed by atoms with Gasteiger partial charge in [-0.25, -0.2) is 0 Å². The maximum absolute atomic E-state index is 12.1. The number of para-hydroxylation sites is 1. The van der Waals surface area contributed by atoms with Gasteiger partial charge in [-0.3, -0.25) is 9.69 Å². The number of hydrogen-bond donors (Lipinski definition) is 1. The van der Waals surface area contributed by atoms with Crippen molar-refractivity contribution in [2.75, 3.05) is 19.6 Å². The second-order valence-corrected chi connectivity index (χ2v) is 9.08. The summed E-state index contributed by atoms with van der Waals surface area (Å²) in [4.78, 5) is 14.6. The fourth-order valence-electron chi connectivity index (χ4n) is 4.37. The first kappa shape index (κ1) is 20.0. The molecule has 1 N–H and O–H groups in total. The lowest BCUT2D eigenvalue weighted by Gasteiger charge is -2.32. The minimum Gasteiger partial charge on any atom is -0.487 e. The number of aryl methyl sites for hydroxylation is 1. The molecule has 4 rings (SSSR count). The van der Waals surface area contributed by atoms with Crippen LogP contribution in [0, 0.1) is 12.8 Å². The van der Waals surface area contributed by atoms with E-state index >= 15 is 0 Å². The van der Waals surface area contributed by atoms with Gasteiger partial charge >= 0.3 is 0 Å². The highest BCUT2D eigenvalue weighted by atomic mass is 16.5. The van der Waals surface area contributed by atoms with Gasteiger partial charge in [0, 0.05) is 31.1 Å². The topological polar surface area (TPSA) is 67.6 Å². The van der Waals surface area contributed by atoms with Gasteiger partial charge < -0.3 is 14.6 Å². The van der Waals surface area contributed by atoms with Crippen LogP contribution in [0.4, 0.5) is 0 Å². The third kappa shape index (κ3) is 4.99. The summed E-state index contributed by atoms with van der Waals surface area (Å²) in [6, 6.07) is 8.33. The molecule has 1 aromatic heterocycles. The van der Waals surface area contributed by atoms with Gasteiger partial charge in [-0.2, -0.15) is 0 Å². The van der Waals surface area contributed by atoms with Crippen LogP contribution < -0.4 is 10.1 Å². The minimum absolute atomic E-state index is 0.00295. The third-order valence-corrected chi connectivity index (χ3v) is 5.87. The largest absolute Gasteiger partial charge is 0.487 e. The number of nitrogens with one attached hydrogen (secondary N) is 1. The predicted molar refractivity (Wildman–Crippen MR) is 111 cm³/mol. The summed E-state index contributed by atoms with van der Waals surface area (Å²) in [6.45, 7) is 9.93. The number of carbonyl (C=O) groups is 1. The number of likely N-dealkylation sites (tertiary alicyclic amines) is 1. The summed E-state index contributed by atoms with van der Waals surface area (Å²) in [6.07, 6.45) is 3.44. The predicted octanol–water partition coefficient (Wildman–Crippen LogP) is 3.27. The number of benzene rings is 1. The Balaban J connectivity index is 1.22. The summed E-state index contributed by atoms with van der Waals surface area (Å²) < 4.78 is 11.3. The molecule has 1 fully saturated rings. The highest BCUT2D eigenvalue weighted by molar-refractivity contribution is 5.77. The number of carbonyl (C=O) groups excluding carboxylic acids is 1. The molecule has 1 amide bonds. The van der Waals surface area contributed by atoms with E-state index in [1.807, 2.05) is 13.0 Å². The van der Waals surface area contributed by atoms with Gasteiger partial charge in [-0.15, -0.1) is 0 Å². The van der Waals surface area contributed by atoms with Gasteiger partial charge in [0.15, 0.2) is 0 Å². The molecule has 0 atom stereocenters. The number of rotatable bonds is 6. The normalized spacial score (nSPS) is 19.0. The molecule has 2 aliphatic rings. The minimum atomic E-state index is -0.103. The van der Waals surface area contributed by atoms with Crippen LogP contribution >= 0.6 is 0 Å². The molecular formula is C23H31N3O3. The van der Waals surface area contributed by atoms with E-state index in [1.165, 1.54) is 11.1 Å². The zero-order valence-corrected chi connectivity index (χ0v) is 17.7. The average Bonchev–Trinajstić information content (AvgIpc) is 3.22. The molecule has 1 saturated heterocycles. The fraction of sp³-hybridized carbons (Fsp3) is 0.565. The molecule has 3 heterocycles. The molecule has 6 heteroatoms. The van der Waals surface area contributed by atoms with Crippen LogP contribution in [-0.2, 0) is 24.2 Å².